The molecule has 2 aromatic rings. The van der Waals surface area contributed by atoms with E-state index in [0.29, 0.717) is 11.3 Å². The van der Waals surface area contributed by atoms with Crippen molar-refractivity contribution in [2.24, 2.45) is 0 Å². The van der Waals surface area contributed by atoms with E-state index in [0.717, 1.165) is 4.90 Å². The van der Waals surface area contributed by atoms with Crippen LogP contribution in [0.3, 0.4) is 0 Å². The molecule has 0 aliphatic carbocycles. The van der Waals surface area contributed by atoms with Gasteiger partial charge in [-0.2, -0.15) is 0 Å². The number of para-hydroxylation sites is 1. The first-order valence-electron chi connectivity index (χ1n) is 10.3. The number of rotatable bonds is 11. The van der Waals surface area contributed by atoms with Crippen LogP contribution in [-0.2, 0) is 25.7 Å². The number of likely N-dealkylation sites (tertiary alicyclic amines) is 1. The van der Waals surface area contributed by atoms with Gasteiger partial charge in [-0.25, -0.2) is 4.79 Å². The van der Waals surface area contributed by atoms with Crippen LogP contribution in [-0.4, -0.2) is 57.7 Å². The summed E-state index contributed by atoms with van der Waals surface area (Å²) in [5.41, 5.74) is -0.483. The van der Waals surface area contributed by atoms with Crippen LogP contribution >= 0.6 is 23.2 Å². The largest absolute Gasteiger partial charge is 0.484 e. The summed E-state index contributed by atoms with van der Waals surface area (Å²) in [6.45, 7) is 3.21. The number of hydrogen-bond acceptors (Lipinski definition) is 7. The quantitative estimate of drug-likeness (QED) is 0.0914. The van der Waals surface area contributed by atoms with E-state index in [1.54, 1.807) is 30.3 Å². The van der Waals surface area contributed by atoms with E-state index in [1.165, 1.54) is 24.3 Å². The van der Waals surface area contributed by atoms with Gasteiger partial charge in [0, 0.05) is 18.0 Å². The molecule has 1 aliphatic heterocycles. The lowest BCUT2D eigenvalue weighted by atomic mass is 9.99. The molecule has 10 nitrogen and oxygen atoms in total. The van der Waals surface area contributed by atoms with Crippen LogP contribution in [0.4, 0.5) is 5.69 Å². The molecule has 184 valence electrons. The number of non-ortho nitro benzene ring substituents is 1. The Bertz CT molecular complexity index is 1110. The lowest BCUT2D eigenvalue weighted by Crippen LogP contribution is -2.72. The van der Waals surface area contributed by atoms with Crippen molar-refractivity contribution in [1.29, 1.82) is 0 Å². The molecule has 1 saturated heterocycles. The van der Waals surface area contributed by atoms with E-state index in [-0.39, 0.29) is 30.4 Å². The Morgan fingerprint density at radius 2 is 1.83 bits per heavy atom. The lowest BCUT2D eigenvalue weighted by molar-refractivity contribution is -0.384. The van der Waals surface area contributed by atoms with Gasteiger partial charge in [-0.05, 0) is 35.4 Å². The molecule has 1 aliphatic rings. The monoisotopic (exact) mass is 521 g/mol. The third-order valence-electron chi connectivity index (χ3n) is 5.08. The molecule has 0 saturated carbocycles. The van der Waals surface area contributed by atoms with E-state index in [1.807, 2.05) is 0 Å². The highest BCUT2D eigenvalue weighted by Gasteiger charge is 2.53. The zero-order chi connectivity index (χ0) is 25.5. The van der Waals surface area contributed by atoms with Crippen molar-refractivity contribution in [2.45, 2.75) is 24.2 Å². The van der Waals surface area contributed by atoms with Crippen LogP contribution in [0, 0.1) is 10.1 Å². The molecule has 3 rings (SSSR count). The molecule has 3 atom stereocenters. The molecule has 3 unspecified atom stereocenters. The van der Waals surface area contributed by atoms with Gasteiger partial charge >= 0.3 is 5.97 Å². The van der Waals surface area contributed by atoms with Gasteiger partial charge in [-0.3, -0.25) is 19.7 Å². The molecule has 2 amide bonds. The molecule has 1 fully saturated rings. The zero-order valence-corrected chi connectivity index (χ0v) is 19.8. The number of nitrogens with one attached hydrogen (secondary N) is 1. The van der Waals surface area contributed by atoms with Crippen LogP contribution in [0.15, 0.2) is 66.7 Å². The third kappa shape index (κ3) is 6.28. The van der Waals surface area contributed by atoms with E-state index < -0.39 is 40.3 Å². The van der Waals surface area contributed by atoms with Crippen LogP contribution in [0.1, 0.15) is 5.56 Å². The molecule has 12 heteroatoms. The molecular weight excluding hydrogens is 501 g/mol. The maximum Gasteiger partial charge on any atom is 0.333 e. The minimum Gasteiger partial charge on any atom is -0.484 e. The Morgan fingerprint density at radius 3 is 2.40 bits per heavy atom. The number of ether oxygens (including phenoxy) is 2. The van der Waals surface area contributed by atoms with Gasteiger partial charge in [0.25, 0.3) is 17.5 Å². The van der Waals surface area contributed by atoms with Crippen molar-refractivity contribution in [3.05, 3.63) is 82.4 Å². The van der Waals surface area contributed by atoms with Gasteiger partial charge in [0.1, 0.15) is 23.9 Å². The number of carbonyl (C=O) groups is 3. The second-order valence-corrected chi connectivity index (χ2v) is 8.21. The summed E-state index contributed by atoms with van der Waals surface area (Å²) in [5, 5.41) is 13.2. The van der Waals surface area contributed by atoms with Gasteiger partial charge < -0.3 is 19.7 Å². The summed E-state index contributed by atoms with van der Waals surface area (Å²) < 4.78 is 10.6. The maximum atomic E-state index is 12.8. The van der Waals surface area contributed by atoms with Crippen LogP contribution < -0.4 is 10.1 Å². The summed E-state index contributed by atoms with van der Waals surface area (Å²) >= 11 is 12.2. The van der Waals surface area contributed by atoms with E-state index in [9.17, 15) is 24.5 Å². The minimum absolute atomic E-state index is 0.105. The summed E-state index contributed by atoms with van der Waals surface area (Å²) in [4.78, 5) is 49.0. The molecule has 0 radical (unpaired) electrons. The summed E-state index contributed by atoms with van der Waals surface area (Å²) in [6.07, 6.45) is 0. The van der Waals surface area contributed by atoms with Crippen LogP contribution in [0.5, 0.6) is 5.75 Å². The van der Waals surface area contributed by atoms with Crippen LogP contribution in [0.25, 0.3) is 0 Å². The third-order valence-corrected chi connectivity index (χ3v) is 5.88. The first-order valence-corrected chi connectivity index (χ1v) is 11.3. The molecule has 0 spiro atoms. The number of halogens is 2. The van der Waals surface area contributed by atoms with Crippen molar-refractivity contribution < 1.29 is 28.8 Å². The fraction of sp³-hybridized carbons (Fsp3) is 0.261. The fourth-order valence-corrected chi connectivity index (χ4v) is 3.78. The minimum atomic E-state index is -1.27. The Morgan fingerprint density at radius 1 is 1.17 bits per heavy atom. The van der Waals surface area contributed by atoms with Gasteiger partial charge in [-0.15, -0.1) is 11.6 Å². The summed E-state index contributed by atoms with van der Waals surface area (Å²) in [5.74, 6) is -1.66. The Kier molecular flexibility index (Phi) is 8.67. The van der Waals surface area contributed by atoms with Crippen molar-refractivity contribution >= 4 is 46.7 Å². The molecule has 0 bridgehead atoms. The summed E-state index contributed by atoms with van der Waals surface area (Å²) in [6, 6.07) is 11.8. The Hall–Kier alpha value is -3.63. The van der Waals surface area contributed by atoms with E-state index in [4.69, 9.17) is 32.7 Å². The smallest absolute Gasteiger partial charge is 0.333 e. The number of nitro groups is 1. The molecule has 0 aromatic heterocycles. The highest BCUT2D eigenvalue weighted by molar-refractivity contribution is 6.27. The van der Waals surface area contributed by atoms with Crippen molar-refractivity contribution in [3.63, 3.8) is 0 Å². The topological polar surface area (TPSA) is 128 Å². The number of β-lactam (4-membered cyclic amide) rings is 1. The number of hydrogen-bond donors (Lipinski definition) is 1. The first-order chi connectivity index (χ1) is 16.7. The number of nitro benzene ring substituents is 1. The van der Waals surface area contributed by atoms with Crippen molar-refractivity contribution in [3.8, 4) is 5.75 Å². The number of benzene rings is 2. The van der Waals surface area contributed by atoms with Gasteiger partial charge in [-0.1, -0.05) is 36.4 Å². The van der Waals surface area contributed by atoms with Gasteiger partial charge in [0.05, 0.1) is 4.92 Å². The van der Waals surface area contributed by atoms with E-state index in [2.05, 4.69) is 11.9 Å². The molecule has 35 heavy (non-hydrogen) atoms. The number of esters is 1. The second kappa shape index (κ2) is 11.7. The predicted octanol–water partition coefficient (Wildman–Crippen LogP) is 2.77. The SMILES string of the molecule is C=C(CCl)C(C(=O)OCc1ccc([N+](=O)[O-])cc1)N1C(=O)C(NC(=O)COc2ccccc2)C1Cl. The Balaban J connectivity index is 1.58. The molecular formula is C23H21Cl2N3O7. The maximum absolute atomic E-state index is 12.8. The lowest BCUT2D eigenvalue weighted by Gasteiger charge is -2.47. The van der Waals surface area contributed by atoms with Crippen molar-refractivity contribution in [1.82, 2.24) is 10.2 Å². The molecule has 2 aromatic carbocycles. The van der Waals surface area contributed by atoms with Gasteiger partial charge in [0.2, 0.25) is 0 Å². The average Bonchev–Trinajstić information content (AvgIpc) is 2.87. The average molecular weight is 522 g/mol. The second-order valence-electron chi connectivity index (χ2n) is 7.49. The van der Waals surface area contributed by atoms with Gasteiger partial charge in [0.15, 0.2) is 12.6 Å². The number of alkyl halides is 2. The molecule has 1 heterocycles. The number of carbonyl (C=O) groups excluding carboxylic acids is 3. The fourth-order valence-electron chi connectivity index (χ4n) is 3.26. The predicted molar refractivity (Wildman–Crippen MR) is 127 cm³/mol. The Labute approximate surface area is 210 Å². The highest BCUT2D eigenvalue weighted by atomic mass is 35.5. The first kappa shape index (κ1) is 26.0. The molecule has 1 N–H and O–H groups in total. The highest BCUT2D eigenvalue weighted by Crippen LogP contribution is 2.30. The zero-order valence-electron chi connectivity index (χ0n) is 18.3. The van der Waals surface area contributed by atoms with E-state index >= 15 is 0 Å². The summed E-state index contributed by atoms with van der Waals surface area (Å²) in [7, 11) is 0. The normalized spacial score (nSPS) is 17.7. The number of amides is 2. The number of nitrogens with zero attached hydrogens (tertiary/aromatic N) is 2. The van der Waals surface area contributed by atoms with Crippen LogP contribution in [0.2, 0.25) is 0 Å². The standard InChI is InChI=1S/C23H21Cl2N3O7/c1-14(11-24)20(23(31)35-12-15-7-9-16(10-8-15)28(32)33)27-21(25)19(22(27)30)26-18(29)13-34-17-5-3-2-4-6-17/h2-10,19-21H,1,11-13H2,(H,26,29). The van der Waals surface area contributed by atoms with Crippen molar-refractivity contribution in [2.75, 3.05) is 12.5 Å².